The largest absolute Gasteiger partial charge is 0.514 e. The van der Waals surface area contributed by atoms with Gasteiger partial charge in [0.25, 0.3) is 5.69 Å². The van der Waals surface area contributed by atoms with Crippen molar-refractivity contribution in [2.45, 2.75) is 12.5 Å². The van der Waals surface area contributed by atoms with E-state index in [0.29, 0.717) is 13.2 Å². The highest BCUT2D eigenvalue weighted by Gasteiger charge is 2.32. The lowest BCUT2D eigenvalue weighted by Gasteiger charge is -2.15. The number of carbonyl (C=O) groups excluding carboxylic acids is 2. The Morgan fingerprint density at radius 2 is 2.09 bits per heavy atom. The Hall–Kier alpha value is -2.68. The van der Waals surface area contributed by atoms with Crippen LogP contribution in [0.15, 0.2) is 24.3 Å². The standard InChI is InChI=1S/C14H16N2O7/c1-21-7-6-15-9-12(8-13(15)17)23-14(18)22-11-4-2-10(3-5-11)16(19)20/h2-5,12H,6-9H2,1H3/t12-/m0/s1. The maximum Gasteiger partial charge on any atom is 0.514 e. The molecule has 9 nitrogen and oxygen atoms in total. The molecule has 1 aliphatic rings. The number of likely N-dealkylation sites (tertiary alicyclic amines) is 1. The van der Waals surface area contributed by atoms with Crippen molar-refractivity contribution in [3.63, 3.8) is 0 Å². The van der Waals surface area contributed by atoms with Crippen LogP contribution in [0.1, 0.15) is 6.42 Å². The number of ether oxygens (including phenoxy) is 3. The number of benzene rings is 1. The second kappa shape index (κ2) is 7.54. The molecule has 1 saturated heterocycles. The fraction of sp³-hybridized carbons (Fsp3) is 0.429. The van der Waals surface area contributed by atoms with Crippen LogP contribution in [0.5, 0.6) is 5.75 Å². The predicted molar refractivity (Wildman–Crippen MR) is 77.1 cm³/mol. The number of nitro benzene ring substituents is 1. The molecule has 0 bridgehead atoms. The molecule has 2 rings (SSSR count). The Balaban J connectivity index is 1.83. The molecule has 1 aromatic rings. The first-order chi connectivity index (χ1) is 11.0. The first-order valence-corrected chi connectivity index (χ1v) is 6.89. The molecule has 0 unspecified atom stereocenters. The third-order valence-electron chi connectivity index (χ3n) is 3.26. The molecule has 1 heterocycles. The average Bonchev–Trinajstić information content (AvgIpc) is 2.85. The number of rotatable bonds is 6. The SMILES string of the molecule is COCCN1C[C@@H](OC(=O)Oc2ccc([N+](=O)[O-])cc2)CC1=O. The first-order valence-electron chi connectivity index (χ1n) is 6.89. The number of hydrogen-bond acceptors (Lipinski definition) is 7. The second-order valence-electron chi connectivity index (χ2n) is 4.88. The predicted octanol–water partition coefficient (Wildman–Crippen LogP) is 1.36. The lowest BCUT2D eigenvalue weighted by molar-refractivity contribution is -0.384. The third-order valence-corrected chi connectivity index (χ3v) is 3.26. The summed E-state index contributed by atoms with van der Waals surface area (Å²) < 4.78 is 14.9. The number of amides is 1. The minimum Gasteiger partial charge on any atom is -0.428 e. The quantitative estimate of drug-likeness (QED) is 0.336. The molecule has 1 fully saturated rings. The van der Waals surface area contributed by atoms with Gasteiger partial charge in [0.05, 0.1) is 24.5 Å². The van der Waals surface area contributed by atoms with Crippen LogP contribution in [0.2, 0.25) is 0 Å². The monoisotopic (exact) mass is 324 g/mol. The molecule has 0 saturated carbocycles. The van der Waals surface area contributed by atoms with Crippen LogP contribution in [0.3, 0.4) is 0 Å². The maximum atomic E-state index is 11.7. The molecule has 0 N–H and O–H groups in total. The molecule has 0 aromatic heterocycles. The van der Waals surface area contributed by atoms with E-state index in [4.69, 9.17) is 14.2 Å². The molecule has 124 valence electrons. The first kappa shape index (κ1) is 16.7. The lowest BCUT2D eigenvalue weighted by Crippen LogP contribution is -2.30. The van der Waals surface area contributed by atoms with E-state index in [1.807, 2.05) is 0 Å². The van der Waals surface area contributed by atoms with Gasteiger partial charge in [-0.05, 0) is 12.1 Å². The second-order valence-corrected chi connectivity index (χ2v) is 4.88. The summed E-state index contributed by atoms with van der Waals surface area (Å²) in [6.45, 7) is 1.13. The zero-order chi connectivity index (χ0) is 16.8. The van der Waals surface area contributed by atoms with Gasteiger partial charge in [-0.25, -0.2) is 4.79 Å². The summed E-state index contributed by atoms with van der Waals surface area (Å²) in [5, 5.41) is 10.5. The highest BCUT2D eigenvalue weighted by atomic mass is 16.7. The Kier molecular flexibility index (Phi) is 5.47. The Bertz CT molecular complexity index is 587. The number of non-ortho nitro benzene ring substituents is 1. The van der Waals surface area contributed by atoms with Gasteiger partial charge >= 0.3 is 6.16 Å². The molecule has 1 amide bonds. The average molecular weight is 324 g/mol. The summed E-state index contributed by atoms with van der Waals surface area (Å²) in [6, 6.07) is 5.02. The van der Waals surface area contributed by atoms with Crippen LogP contribution >= 0.6 is 0 Å². The molecular weight excluding hydrogens is 308 g/mol. The van der Waals surface area contributed by atoms with Crippen LogP contribution in [0.25, 0.3) is 0 Å². The molecular formula is C14H16N2O7. The summed E-state index contributed by atoms with van der Waals surface area (Å²) in [5.74, 6) is 0.0105. The number of nitrogens with zero attached hydrogens (tertiary/aromatic N) is 2. The normalized spacial score (nSPS) is 17.2. The topological polar surface area (TPSA) is 108 Å². The summed E-state index contributed by atoms with van der Waals surface area (Å²) in [7, 11) is 1.54. The van der Waals surface area contributed by atoms with E-state index < -0.39 is 17.2 Å². The van der Waals surface area contributed by atoms with Crippen LogP contribution in [0, 0.1) is 10.1 Å². The van der Waals surface area contributed by atoms with E-state index in [9.17, 15) is 19.7 Å². The minimum absolute atomic E-state index is 0.0963. The molecule has 1 atom stereocenters. The van der Waals surface area contributed by atoms with Crippen LogP contribution in [-0.2, 0) is 14.3 Å². The number of methoxy groups -OCH3 is 1. The Morgan fingerprint density at radius 3 is 2.70 bits per heavy atom. The van der Waals surface area contributed by atoms with Gasteiger partial charge in [0, 0.05) is 25.8 Å². The number of carbonyl (C=O) groups is 2. The summed E-state index contributed by atoms with van der Waals surface area (Å²) in [4.78, 5) is 34.9. The van der Waals surface area contributed by atoms with E-state index in [2.05, 4.69) is 0 Å². The Morgan fingerprint density at radius 1 is 1.39 bits per heavy atom. The number of hydrogen-bond donors (Lipinski definition) is 0. The van der Waals surface area contributed by atoms with E-state index >= 15 is 0 Å². The van der Waals surface area contributed by atoms with Crippen molar-refractivity contribution in [1.29, 1.82) is 0 Å². The third kappa shape index (κ3) is 4.65. The zero-order valence-corrected chi connectivity index (χ0v) is 12.5. The van der Waals surface area contributed by atoms with Gasteiger partial charge in [-0.2, -0.15) is 0 Å². The fourth-order valence-corrected chi connectivity index (χ4v) is 2.12. The van der Waals surface area contributed by atoms with Gasteiger partial charge in [0.1, 0.15) is 11.9 Å². The smallest absolute Gasteiger partial charge is 0.428 e. The van der Waals surface area contributed by atoms with Gasteiger partial charge in [0.2, 0.25) is 5.91 Å². The maximum absolute atomic E-state index is 11.7. The summed E-state index contributed by atoms with van der Waals surface area (Å²) in [6.07, 6.45) is -1.44. The highest BCUT2D eigenvalue weighted by Crippen LogP contribution is 2.19. The highest BCUT2D eigenvalue weighted by molar-refractivity contribution is 5.79. The van der Waals surface area contributed by atoms with Gasteiger partial charge in [0.15, 0.2) is 0 Å². The van der Waals surface area contributed by atoms with Gasteiger partial charge < -0.3 is 19.1 Å². The molecule has 9 heteroatoms. The van der Waals surface area contributed by atoms with Gasteiger partial charge in [-0.15, -0.1) is 0 Å². The minimum atomic E-state index is -0.953. The molecule has 0 aliphatic carbocycles. The van der Waals surface area contributed by atoms with Crippen LogP contribution in [-0.4, -0.2) is 54.8 Å². The van der Waals surface area contributed by atoms with Crippen molar-refractivity contribution in [2.75, 3.05) is 26.8 Å². The molecule has 0 radical (unpaired) electrons. The van der Waals surface area contributed by atoms with Crippen molar-refractivity contribution in [2.24, 2.45) is 0 Å². The van der Waals surface area contributed by atoms with Crippen molar-refractivity contribution in [3.05, 3.63) is 34.4 Å². The van der Waals surface area contributed by atoms with Gasteiger partial charge in [-0.1, -0.05) is 0 Å². The van der Waals surface area contributed by atoms with Crippen molar-refractivity contribution >= 4 is 17.7 Å². The van der Waals surface area contributed by atoms with Crippen LogP contribution < -0.4 is 4.74 Å². The molecule has 0 spiro atoms. The van der Waals surface area contributed by atoms with Crippen LogP contribution in [0.4, 0.5) is 10.5 Å². The lowest BCUT2D eigenvalue weighted by atomic mass is 10.3. The van der Waals surface area contributed by atoms with Gasteiger partial charge in [-0.3, -0.25) is 14.9 Å². The molecule has 1 aromatic carbocycles. The Labute approximate surface area is 131 Å². The molecule has 1 aliphatic heterocycles. The zero-order valence-electron chi connectivity index (χ0n) is 12.5. The van der Waals surface area contributed by atoms with E-state index in [1.165, 1.54) is 31.4 Å². The van der Waals surface area contributed by atoms with Crippen molar-refractivity contribution in [3.8, 4) is 5.75 Å². The summed E-state index contributed by atoms with van der Waals surface area (Å²) in [5.41, 5.74) is -0.110. The van der Waals surface area contributed by atoms with E-state index in [1.54, 1.807) is 4.90 Å². The fourth-order valence-electron chi connectivity index (χ4n) is 2.12. The van der Waals surface area contributed by atoms with E-state index in [0.717, 1.165) is 0 Å². The van der Waals surface area contributed by atoms with Crippen molar-refractivity contribution in [1.82, 2.24) is 4.90 Å². The summed E-state index contributed by atoms with van der Waals surface area (Å²) >= 11 is 0. The number of nitro groups is 1. The van der Waals surface area contributed by atoms with Crippen molar-refractivity contribution < 1.29 is 28.7 Å². The molecule has 23 heavy (non-hydrogen) atoms. The van der Waals surface area contributed by atoms with E-state index in [-0.39, 0.29) is 30.3 Å².